The Morgan fingerprint density at radius 1 is 0.358 bits per heavy atom. The average molecular weight is 755 g/mol. The highest BCUT2D eigenvalue weighted by Gasteiger charge is 2.45. The molecule has 0 spiro atoms. The molecule has 316 valence electrons. The zero-order valence-electron chi connectivity index (χ0n) is 35.6. The van der Waals surface area contributed by atoms with Crippen molar-refractivity contribution in [1.82, 2.24) is 0 Å². The first-order chi connectivity index (χ1) is 25.6. The summed E-state index contributed by atoms with van der Waals surface area (Å²) in [4.78, 5) is 26.5. The van der Waals surface area contributed by atoms with E-state index in [1.165, 1.54) is 103 Å². The van der Waals surface area contributed by atoms with Crippen molar-refractivity contribution in [2.24, 2.45) is 0 Å². The number of aliphatic hydroxyl groups is 4. The molecule has 2 atom stereocenters. The largest absolute Gasteiger partial charge is 0.389 e. The Hall–Kier alpha value is -1.02. The summed E-state index contributed by atoms with van der Waals surface area (Å²) in [5, 5.41) is 45.8. The highest BCUT2D eigenvalue weighted by Crippen LogP contribution is 2.31. The number of unbranched alkanes of at least 4 members (excludes halogenated alkanes) is 28. The van der Waals surface area contributed by atoms with E-state index in [4.69, 9.17) is 4.74 Å². The van der Waals surface area contributed by atoms with Gasteiger partial charge in [0.05, 0.1) is 0 Å². The molecule has 7 nitrogen and oxygen atoms in total. The Bertz CT molecular complexity index is 725. The number of esters is 2. The number of carbonyl (C=O) groups excluding carboxylic acids is 2. The van der Waals surface area contributed by atoms with Crippen LogP contribution in [-0.2, 0) is 14.3 Å². The SMILES string of the molecule is CCCCCCCCCCC(O)(CCCCCCCCCC)C(O)C(=O)OC(=O)C(O)C(O)(CCCCCCCCCC)CCCCCCCCCC. The number of carbonyl (C=O) groups is 2. The maximum absolute atomic E-state index is 13.3. The van der Waals surface area contributed by atoms with Gasteiger partial charge in [-0.3, -0.25) is 0 Å². The minimum absolute atomic E-state index is 0.242. The predicted octanol–water partition coefficient (Wildman–Crippen LogP) is 12.4. The summed E-state index contributed by atoms with van der Waals surface area (Å²) in [5.74, 6) is -2.48. The fourth-order valence-corrected chi connectivity index (χ4v) is 7.71. The molecular formula is C46H90O7. The van der Waals surface area contributed by atoms with Crippen LogP contribution in [0.1, 0.15) is 259 Å². The summed E-state index contributed by atoms with van der Waals surface area (Å²) in [5.41, 5.74) is -3.42. The Kier molecular flexibility index (Phi) is 34.7. The molecular weight excluding hydrogens is 664 g/mol. The van der Waals surface area contributed by atoms with Gasteiger partial charge in [-0.15, -0.1) is 0 Å². The quantitative estimate of drug-likeness (QED) is 0.0279. The minimum atomic E-state index is -1.90. The lowest BCUT2D eigenvalue weighted by Gasteiger charge is -2.34. The number of aliphatic hydroxyl groups excluding tert-OH is 2. The Morgan fingerprint density at radius 2 is 0.528 bits per heavy atom. The molecule has 0 aliphatic carbocycles. The van der Waals surface area contributed by atoms with Crippen molar-refractivity contribution in [1.29, 1.82) is 0 Å². The average Bonchev–Trinajstić information content (AvgIpc) is 3.15. The highest BCUT2D eigenvalue weighted by molar-refractivity contribution is 5.91. The maximum atomic E-state index is 13.3. The summed E-state index contributed by atoms with van der Waals surface area (Å²) in [6.07, 6.45) is 31.6. The molecule has 4 N–H and O–H groups in total. The van der Waals surface area contributed by atoms with E-state index in [0.29, 0.717) is 25.7 Å². The minimum Gasteiger partial charge on any atom is -0.389 e. The third-order valence-electron chi connectivity index (χ3n) is 11.5. The third kappa shape index (κ3) is 27.3. The zero-order valence-corrected chi connectivity index (χ0v) is 35.6. The molecule has 0 saturated heterocycles. The lowest BCUT2D eigenvalue weighted by molar-refractivity contribution is -0.190. The first-order valence-corrected chi connectivity index (χ1v) is 23.2. The maximum Gasteiger partial charge on any atom is 0.345 e. The molecule has 2 unspecified atom stereocenters. The summed E-state index contributed by atoms with van der Waals surface area (Å²) < 4.78 is 5.10. The van der Waals surface area contributed by atoms with Crippen molar-refractivity contribution < 1.29 is 34.8 Å². The van der Waals surface area contributed by atoms with Crippen LogP contribution < -0.4 is 0 Å². The standard InChI is InChI=1S/C46H90O7/c1-5-9-13-17-21-25-29-33-37-45(51,38-34-30-26-22-18-14-10-6-2)41(47)43(49)53-44(50)42(48)46(52,39-35-31-27-23-19-15-11-7-3)40-36-32-28-24-20-16-12-8-4/h41-42,47-48,51-52H,5-40H2,1-4H3. The molecule has 0 amide bonds. The van der Waals surface area contributed by atoms with Crippen LogP contribution in [0.15, 0.2) is 0 Å². The van der Waals surface area contributed by atoms with Gasteiger partial charge in [0, 0.05) is 0 Å². The Morgan fingerprint density at radius 3 is 0.717 bits per heavy atom. The molecule has 53 heavy (non-hydrogen) atoms. The molecule has 0 rings (SSSR count). The van der Waals surface area contributed by atoms with Crippen molar-refractivity contribution in [2.75, 3.05) is 0 Å². The van der Waals surface area contributed by atoms with Crippen molar-refractivity contribution in [3.63, 3.8) is 0 Å². The first kappa shape index (κ1) is 52.0. The second-order valence-corrected chi connectivity index (χ2v) is 16.7. The van der Waals surface area contributed by atoms with Crippen LogP contribution in [0.2, 0.25) is 0 Å². The van der Waals surface area contributed by atoms with Gasteiger partial charge in [0.2, 0.25) is 0 Å². The van der Waals surface area contributed by atoms with Crippen LogP contribution in [0.3, 0.4) is 0 Å². The van der Waals surface area contributed by atoms with E-state index in [1.54, 1.807) is 0 Å². The van der Waals surface area contributed by atoms with Gasteiger partial charge in [0.1, 0.15) is 11.2 Å². The lowest BCUT2D eigenvalue weighted by atomic mass is 9.84. The summed E-state index contributed by atoms with van der Waals surface area (Å²) in [6, 6.07) is 0. The molecule has 0 fully saturated rings. The normalized spacial score (nSPS) is 13.4. The number of ether oxygens (including phenoxy) is 1. The van der Waals surface area contributed by atoms with Crippen LogP contribution in [-0.4, -0.2) is 55.8 Å². The predicted molar refractivity (Wildman–Crippen MR) is 222 cm³/mol. The smallest absolute Gasteiger partial charge is 0.345 e. The first-order valence-electron chi connectivity index (χ1n) is 23.2. The molecule has 0 saturated carbocycles. The topological polar surface area (TPSA) is 124 Å². The fraction of sp³-hybridized carbons (Fsp3) is 0.957. The summed E-state index contributed by atoms with van der Waals surface area (Å²) in [7, 11) is 0. The number of hydrogen-bond donors (Lipinski definition) is 4. The van der Waals surface area contributed by atoms with Gasteiger partial charge in [0.25, 0.3) is 0 Å². The Balaban J connectivity index is 5.39. The van der Waals surface area contributed by atoms with E-state index in [9.17, 15) is 30.0 Å². The van der Waals surface area contributed by atoms with Crippen LogP contribution in [0.5, 0.6) is 0 Å². The van der Waals surface area contributed by atoms with Gasteiger partial charge in [-0.05, 0) is 25.7 Å². The molecule has 0 aliphatic heterocycles. The Labute approximate surface area is 328 Å². The zero-order chi connectivity index (χ0) is 39.5. The van der Waals surface area contributed by atoms with Gasteiger partial charge in [-0.25, -0.2) is 9.59 Å². The van der Waals surface area contributed by atoms with Crippen LogP contribution >= 0.6 is 0 Å². The molecule has 0 radical (unpaired) electrons. The fourth-order valence-electron chi connectivity index (χ4n) is 7.71. The second kappa shape index (κ2) is 35.4. The monoisotopic (exact) mass is 755 g/mol. The van der Waals surface area contributed by atoms with Gasteiger partial charge < -0.3 is 25.2 Å². The molecule has 0 aromatic rings. The second-order valence-electron chi connectivity index (χ2n) is 16.7. The van der Waals surface area contributed by atoms with Gasteiger partial charge in [-0.1, -0.05) is 233 Å². The number of hydrogen-bond acceptors (Lipinski definition) is 7. The van der Waals surface area contributed by atoms with E-state index >= 15 is 0 Å². The van der Waals surface area contributed by atoms with Gasteiger partial charge in [-0.2, -0.15) is 0 Å². The van der Waals surface area contributed by atoms with Gasteiger partial charge in [0.15, 0.2) is 12.2 Å². The van der Waals surface area contributed by atoms with Crippen molar-refractivity contribution in [3.8, 4) is 0 Å². The molecule has 0 bridgehead atoms. The van der Waals surface area contributed by atoms with E-state index in [0.717, 1.165) is 77.0 Å². The van der Waals surface area contributed by atoms with E-state index in [1.807, 2.05) is 0 Å². The lowest BCUT2D eigenvalue weighted by Crippen LogP contribution is -2.52. The van der Waals surface area contributed by atoms with Gasteiger partial charge >= 0.3 is 11.9 Å². The summed E-state index contributed by atoms with van der Waals surface area (Å²) in [6.45, 7) is 8.81. The number of rotatable bonds is 40. The molecule has 7 heteroatoms. The highest BCUT2D eigenvalue weighted by atomic mass is 16.6. The van der Waals surface area contributed by atoms with E-state index in [2.05, 4.69) is 27.7 Å². The molecule has 0 aliphatic rings. The van der Waals surface area contributed by atoms with Crippen LogP contribution in [0.4, 0.5) is 0 Å². The van der Waals surface area contributed by atoms with Crippen molar-refractivity contribution in [3.05, 3.63) is 0 Å². The van der Waals surface area contributed by atoms with Crippen LogP contribution in [0, 0.1) is 0 Å². The molecule has 0 aromatic carbocycles. The van der Waals surface area contributed by atoms with Crippen LogP contribution in [0.25, 0.3) is 0 Å². The van der Waals surface area contributed by atoms with Crippen molar-refractivity contribution >= 4 is 11.9 Å². The summed E-state index contributed by atoms with van der Waals surface area (Å²) >= 11 is 0. The molecule has 0 heterocycles. The van der Waals surface area contributed by atoms with Crippen molar-refractivity contribution in [2.45, 2.75) is 282 Å². The van der Waals surface area contributed by atoms with E-state index in [-0.39, 0.29) is 25.7 Å². The van der Waals surface area contributed by atoms with E-state index < -0.39 is 35.3 Å². The molecule has 0 aromatic heterocycles. The third-order valence-corrected chi connectivity index (χ3v) is 11.5.